The topological polar surface area (TPSA) is 71.2 Å². The fraction of sp³-hybridized carbons (Fsp3) is 0.560. The summed E-state index contributed by atoms with van der Waals surface area (Å²) in [6, 6.07) is 7.57. The van der Waals surface area contributed by atoms with Crippen molar-refractivity contribution in [1.29, 1.82) is 0 Å². The van der Waals surface area contributed by atoms with Crippen molar-refractivity contribution >= 4 is 23.5 Å². The zero-order valence-electron chi connectivity index (χ0n) is 18.5. The monoisotopic (exact) mass is 434 g/mol. The van der Waals surface area contributed by atoms with Crippen LogP contribution in [0.25, 0.3) is 0 Å². The maximum atomic E-state index is 11.9. The van der Waals surface area contributed by atoms with Gasteiger partial charge >= 0.3 is 11.9 Å². The Balaban J connectivity index is 1.14. The van der Waals surface area contributed by atoms with Crippen LogP contribution in [-0.2, 0) is 0 Å². The summed E-state index contributed by atoms with van der Waals surface area (Å²) in [6.07, 6.45) is 8.80. The van der Waals surface area contributed by atoms with Crippen LogP contribution >= 0.6 is 0 Å². The van der Waals surface area contributed by atoms with E-state index in [2.05, 4.69) is 21.0 Å². The predicted octanol–water partition coefficient (Wildman–Crippen LogP) is 2.97. The number of carbonyl (C=O) groups excluding carboxylic acids is 1. The van der Waals surface area contributed by atoms with Crippen LogP contribution in [0, 0.1) is 17.8 Å². The minimum absolute atomic E-state index is 0.0590. The molecule has 0 spiro atoms. The fourth-order valence-corrected chi connectivity index (χ4v) is 5.40. The van der Waals surface area contributed by atoms with E-state index < -0.39 is 0 Å². The molecule has 1 unspecified atom stereocenters. The van der Waals surface area contributed by atoms with E-state index >= 15 is 0 Å². The second-order valence-electron chi connectivity index (χ2n) is 9.84. The molecule has 168 valence electrons. The Kier molecular flexibility index (Phi) is 4.92. The predicted molar refractivity (Wildman–Crippen MR) is 125 cm³/mol. The molecule has 32 heavy (non-hydrogen) atoms. The van der Waals surface area contributed by atoms with Crippen molar-refractivity contribution in [3.05, 3.63) is 41.6 Å². The zero-order chi connectivity index (χ0) is 21.7. The molecule has 3 heterocycles. The molecule has 2 saturated carbocycles. The summed E-state index contributed by atoms with van der Waals surface area (Å²) in [5.41, 5.74) is 3.25. The van der Waals surface area contributed by atoms with Gasteiger partial charge in [0.1, 0.15) is 5.84 Å². The Bertz CT molecular complexity index is 994. The molecule has 1 aromatic carbocycles. The van der Waals surface area contributed by atoms with Crippen LogP contribution in [0.3, 0.4) is 0 Å². The number of aliphatic hydroxyl groups is 1. The van der Waals surface area contributed by atoms with Crippen molar-refractivity contribution in [3.63, 3.8) is 0 Å². The number of benzene rings is 1. The van der Waals surface area contributed by atoms with E-state index in [1.807, 2.05) is 24.3 Å². The standard InChI is InChI=1S/C25H31N5O2/c31-24(19-5-7-21(8-6-19)30-10-9-26-25(30)32)29-13-11-28(12-14-29)23-22(18-3-4-18)15-20(16-27-23)17-1-2-17/h5-8,16-18,22H,1-4,9-15H2,(H,26,32)/p+1. The molecule has 0 bridgehead atoms. The van der Waals surface area contributed by atoms with E-state index in [1.54, 1.807) is 10.5 Å². The van der Waals surface area contributed by atoms with Gasteiger partial charge < -0.3 is 15.3 Å². The molecule has 7 heteroatoms. The molecule has 2 N–H and O–H groups in total. The lowest BCUT2D eigenvalue weighted by atomic mass is 9.89. The number of nitrogens with zero attached hydrogens (tertiary/aromatic N) is 4. The number of nitrogens with one attached hydrogen (secondary N) is 1. The normalized spacial score (nSPS) is 26.1. The van der Waals surface area contributed by atoms with Crippen LogP contribution in [0.5, 0.6) is 0 Å². The van der Waals surface area contributed by atoms with Crippen molar-refractivity contribution in [3.8, 4) is 0 Å². The summed E-state index contributed by atoms with van der Waals surface area (Å²) >= 11 is 0. The lowest BCUT2D eigenvalue weighted by Gasteiger charge is -2.34. The molecule has 6 rings (SSSR count). The first-order valence-corrected chi connectivity index (χ1v) is 12.2. The van der Waals surface area contributed by atoms with Crippen LogP contribution in [0.2, 0.25) is 0 Å². The van der Waals surface area contributed by atoms with E-state index in [1.165, 1.54) is 37.9 Å². The van der Waals surface area contributed by atoms with Gasteiger partial charge in [0.25, 0.3) is 0 Å². The highest BCUT2D eigenvalue weighted by molar-refractivity contribution is 5.95. The number of piperazine rings is 1. The number of aliphatic imine (C=N–C) groups is 1. The Morgan fingerprint density at radius 2 is 1.81 bits per heavy atom. The second-order valence-corrected chi connectivity index (χ2v) is 9.84. The lowest BCUT2D eigenvalue weighted by molar-refractivity contribution is -0.544. The average Bonchev–Trinajstić information content (AvgIpc) is 3.76. The van der Waals surface area contributed by atoms with Crippen molar-refractivity contribution in [1.82, 2.24) is 10.2 Å². The Morgan fingerprint density at radius 3 is 2.44 bits per heavy atom. The van der Waals surface area contributed by atoms with Crippen LogP contribution in [0.4, 0.5) is 10.5 Å². The van der Waals surface area contributed by atoms with Crippen molar-refractivity contribution in [2.45, 2.75) is 32.1 Å². The largest absolute Gasteiger partial charge is 0.460 e. The Labute approximate surface area is 189 Å². The van der Waals surface area contributed by atoms with Crippen LogP contribution < -0.4 is 10.2 Å². The van der Waals surface area contributed by atoms with Gasteiger partial charge in [0.2, 0.25) is 0 Å². The van der Waals surface area contributed by atoms with Gasteiger partial charge in [-0.25, -0.2) is 9.79 Å². The molecule has 1 aromatic rings. The number of urea groups is 1. The average molecular weight is 435 g/mol. The van der Waals surface area contributed by atoms with Gasteiger partial charge in [0, 0.05) is 30.9 Å². The van der Waals surface area contributed by atoms with Crippen LogP contribution in [-0.4, -0.2) is 71.6 Å². The molecule has 5 aliphatic rings. The minimum atomic E-state index is -0.0590. The quantitative estimate of drug-likeness (QED) is 0.565. The van der Waals surface area contributed by atoms with Gasteiger partial charge in [0.15, 0.2) is 13.1 Å². The first-order valence-electron chi connectivity index (χ1n) is 12.2. The highest BCUT2D eigenvalue weighted by Gasteiger charge is 2.41. The number of aliphatic hydroxyl groups excluding tert-OH is 1. The first-order chi connectivity index (χ1) is 15.7. The van der Waals surface area contributed by atoms with Gasteiger partial charge in [0.05, 0.1) is 18.7 Å². The maximum absolute atomic E-state index is 11.9. The van der Waals surface area contributed by atoms with Crippen LogP contribution in [0.1, 0.15) is 37.7 Å². The summed E-state index contributed by atoms with van der Waals surface area (Å²) in [6.45, 7) is 4.72. The molecule has 2 saturated heterocycles. The number of hydrogen-bond donors (Lipinski definition) is 2. The first kappa shape index (κ1) is 19.8. The molecule has 2 aliphatic carbocycles. The van der Waals surface area contributed by atoms with Crippen molar-refractivity contribution < 1.29 is 14.5 Å². The lowest BCUT2D eigenvalue weighted by Crippen LogP contribution is -2.49. The summed E-state index contributed by atoms with van der Waals surface area (Å²) < 4.78 is 2.06. The molecular formula is C25H32N5O2+. The molecule has 0 aromatic heterocycles. The number of allylic oxidation sites excluding steroid dienone is 1. The molecule has 2 amide bonds. The summed E-state index contributed by atoms with van der Waals surface area (Å²) in [7, 11) is 0. The molecule has 1 atom stereocenters. The van der Waals surface area contributed by atoms with E-state index in [0.29, 0.717) is 24.9 Å². The Hall–Kier alpha value is -2.83. The van der Waals surface area contributed by atoms with E-state index in [-0.39, 0.29) is 6.03 Å². The van der Waals surface area contributed by atoms with Gasteiger partial charge in [-0.1, -0.05) is 0 Å². The van der Waals surface area contributed by atoms with Gasteiger partial charge in [-0.15, -0.1) is 0 Å². The Morgan fingerprint density at radius 1 is 1.06 bits per heavy atom. The van der Waals surface area contributed by atoms with Gasteiger partial charge in [-0.3, -0.25) is 4.90 Å². The molecular weight excluding hydrogens is 402 g/mol. The number of carbonyl (C=O) groups is 1. The second kappa shape index (κ2) is 7.94. The SMILES string of the molecule is O=C1NCCN1c1ccc(C(O)=[N+]2CCN(C3=NC=C(C4CC4)CC3C3CC3)CC2)cc1. The summed E-state index contributed by atoms with van der Waals surface area (Å²) in [4.78, 5) is 21.0. The summed E-state index contributed by atoms with van der Waals surface area (Å²) in [5.74, 6) is 3.86. The number of amidine groups is 1. The van der Waals surface area contributed by atoms with E-state index in [4.69, 9.17) is 4.99 Å². The van der Waals surface area contributed by atoms with Gasteiger partial charge in [-0.2, -0.15) is 4.58 Å². The third-order valence-electron chi connectivity index (χ3n) is 7.64. The smallest absolute Gasteiger partial charge is 0.367 e. The highest BCUT2D eigenvalue weighted by atomic mass is 16.3. The van der Waals surface area contributed by atoms with Crippen molar-refractivity contribution in [2.75, 3.05) is 44.2 Å². The number of hydrogen-bond acceptors (Lipinski definition) is 3. The molecule has 3 aliphatic heterocycles. The molecule has 4 fully saturated rings. The zero-order valence-corrected chi connectivity index (χ0v) is 18.5. The third-order valence-corrected chi connectivity index (χ3v) is 7.64. The van der Waals surface area contributed by atoms with Crippen molar-refractivity contribution in [2.24, 2.45) is 22.7 Å². The number of amides is 2. The fourth-order valence-electron chi connectivity index (χ4n) is 5.40. The maximum Gasteiger partial charge on any atom is 0.367 e. The van der Waals surface area contributed by atoms with Crippen LogP contribution in [0.15, 0.2) is 41.0 Å². The summed E-state index contributed by atoms with van der Waals surface area (Å²) in [5, 5.41) is 13.7. The highest BCUT2D eigenvalue weighted by Crippen LogP contribution is 2.47. The van der Waals surface area contributed by atoms with E-state index in [9.17, 15) is 9.90 Å². The minimum Gasteiger partial charge on any atom is -0.460 e. The van der Waals surface area contributed by atoms with Gasteiger partial charge in [-0.05, 0) is 73.8 Å². The van der Waals surface area contributed by atoms with E-state index in [0.717, 1.165) is 49.3 Å². The number of rotatable bonds is 4. The molecule has 0 radical (unpaired) electrons. The molecule has 7 nitrogen and oxygen atoms in total. The number of anilines is 1. The third kappa shape index (κ3) is 3.78.